The third kappa shape index (κ3) is 3.34. The maximum Gasteiger partial charge on any atom is 0.141 e. The molecule has 2 rings (SSSR count). The molecule has 0 amide bonds. The van der Waals surface area contributed by atoms with Gasteiger partial charge in [0, 0.05) is 18.0 Å². The minimum Gasteiger partial charge on any atom is -0.303 e. The smallest absolute Gasteiger partial charge is 0.141 e. The fraction of sp³-hybridized carbons (Fsp3) is 0.385. The van der Waals surface area contributed by atoms with Crippen LogP contribution in [0.3, 0.4) is 0 Å². The lowest BCUT2D eigenvalue weighted by molar-refractivity contribution is 0.500. The average molecular weight is 265 g/mol. The number of hydrogen-bond donors (Lipinski definition) is 1. The van der Waals surface area contributed by atoms with E-state index in [0.29, 0.717) is 6.54 Å². The van der Waals surface area contributed by atoms with Gasteiger partial charge in [0.2, 0.25) is 0 Å². The summed E-state index contributed by atoms with van der Waals surface area (Å²) in [7, 11) is 0. The molecule has 0 aliphatic rings. The minimum atomic E-state index is -0.302. The van der Waals surface area contributed by atoms with Gasteiger partial charge in [-0.2, -0.15) is 0 Å². The lowest BCUT2D eigenvalue weighted by Gasteiger charge is -2.15. The number of halogens is 1. The van der Waals surface area contributed by atoms with Crippen LogP contribution in [0.15, 0.2) is 23.7 Å². The number of aromatic nitrogens is 2. The van der Waals surface area contributed by atoms with E-state index < -0.39 is 0 Å². The molecule has 0 radical (unpaired) electrons. The van der Waals surface area contributed by atoms with E-state index in [9.17, 15) is 4.39 Å². The predicted molar refractivity (Wildman–Crippen MR) is 70.9 cm³/mol. The minimum absolute atomic E-state index is 0.132. The van der Waals surface area contributed by atoms with Crippen molar-refractivity contribution in [1.82, 2.24) is 15.3 Å². The number of hydrogen-bond acceptors (Lipinski definition) is 4. The summed E-state index contributed by atoms with van der Waals surface area (Å²) < 4.78 is 12.8. The van der Waals surface area contributed by atoms with Crippen molar-refractivity contribution in [3.8, 4) is 0 Å². The molecule has 3 nitrogen and oxygen atoms in total. The molecule has 1 unspecified atom stereocenters. The largest absolute Gasteiger partial charge is 0.303 e. The highest BCUT2D eigenvalue weighted by atomic mass is 32.1. The number of aryl methyl sites for hydroxylation is 1. The van der Waals surface area contributed by atoms with Crippen molar-refractivity contribution in [2.75, 3.05) is 0 Å². The van der Waals surface area contributed by atoms with Gasteiger partial charge in [-0.3, -0.25) is 4.98 Å². The molecule has 1 atom stereocenters. The maximum absolute atomic E-state index is 12.8. The molecule has 5 heteroatoms. The second-order valence-corrected chi connectivity index (χ2v) is 5.16. The first kappa shape index (κ1) is 13.1. The summed E-state index contributed by atoms with van der Waals surface area (Å²) in [4.78, 5) is 8.51. The van der Waals surface area contributed by atoms with Crippen molar-refractivity contribution in [2.45, 2.75) is 32.9 Å². The highest BCUT2D eigenvalue weighted by Crippen LogP contribution is 2.15. The lowest BCUT2D eigenvalue weighted by atomic mass is 10.1. The van der Waals surface area contributed by atoms with Crippen LogP contribution in [0.5, 0.6) is 0 Å². The van der Waals surface area contributed by atoms with E-state index in [-0.39, 0.29) is 11.9 Å². The van der Waals surface area contributed by atoms with Crippen LogP contribution in [0.25, 0.3) is 0 Å². The van der Waals surface area contributed by atoms with Gasteiger partial charge in [-0.25, -0.2) is 9.37 Å². The second-order valence-electron chi connectivity index (χ2n) is 4.10. The molecular weight excluding hydrogens is 249 g/mol. The summed E-state index contributed by atoms with van der Waals surface area (Å²) in [6.07, 6.45) is 2.16. The van der Waals surface area contributed by atoms with E-state index in [1.807, 2.05) is 12.3 Å². The van der Waals surface area contributed by atoms with Crippen molar-refractivity contribution in [1.29, 1.82) is 0 Å². The fourth-order valence-electron chi connectivity index (χ4n) is 1.77. The summed E-state index contributed by atoms with van der Waals surface area (Å²) >= 11 is 1.65. The zero-order chi connectivity index (χ0) is 13.0. The zero-order valence-electron chi connectivity index (χ0n) is 10.5. The van der Waals surface area contributed by atoms with Crippen LogP contribution in [-0.4, -0.2) is 9.97 Å². The van der Waals surface area contributed by atoms with Crippen LogP contribution in [-0.2, 0) is 6.54 Å². The first-order valence-electron chi connectivity index (χ1n) is 5.95. The molecule has 18 heavy (non-hydrogen) atoms. The normalized spacial score (nSPS) is 12.6. The summed E-state index contributed by atoms with van der Waals surface area (Å²) in [6, 6.07) is 3.30. The number of nitrogens with zero attached hydrogens (tertiary/aromatic N) is 2. The SMILES string of the molecule is CCC(NCc1csc(C)n1)c1ccc(F)cn1. The zero-order valence-corrected chi connectivity index (χ0v) is 11.3. The topological polar surface area (TPSA) is 37.8 Å². The Bertz CT molecular complexity index is 495. The van der Waals surface area contributed by atoms with Crippen molar-refractivity contribution < 1.29 is 4.39 Å². The molecule has 2 aromatic rings. The Morgan fingerprint density at radius 3 is 2.83 bits per heavy atom. The molecule has 96 valence electrons. The first-order chi connectivity index (χ1) is 8.69. The van der Waals surface area contributed by atoms with Gasteiger partial charge >= 0.3 is 0 Å². The Kier molecular flexibility index (Phi) is 4.38. The monoisotopic (exact) mass is 265 g/mol. The van der Waals surface area contributed by atoms with Crippen molar-refractivity contribution in [3.63, 3.8) is 0 Å². The number of nitrogens with one attached hydrogen (secondary N) is 1. The third-order valence-corrected chi connectivity index (χ3v) is 3.53. The average Bonchev–Trinajstić information content (AvgIpc) is 2.78. The van der Waals surface area contributed by atoms with E-state index in [1.54, 1.807) is 17.4 Å². The van der Waals surface area contributed by atoms with E-state index in [2.05, 4.69) is 22.2 Å². The molecule has 2 aromatic heterocycles. The molecule has 0 fully saturated rings. The van der Waals surface area contributed by atoms with Crippen molar-refractivity contribution in [2.24, 2.45) is 0 Å². The predicted octanol–water partition coefficient (Wildman–Crippen LogP) is 3.23. The third-order valence-electron chi connectivity index (χ3n) is 2.71. The number of pyridine rings is 1. The molecule has 0 saturated carbocycles. The first-order valence-corrected chi connectivity index (χ1v) is 6.83. The highest BCUT2D eigenvalue weighted by Gasteiger charge is 2.10. The van der Waals surface area contributed by atoms with Gasteiger partial charge in [0.1, 0.15) is 5.82 Å². The maximum atomic E-state index is 12.8. The Balaban J connectivity index is 1.99. The Morgan fingerprint density at radius 2 is 2.28 bits per heavy atom. The summed E-state index contributed by atoms with van der Waals surface area (Å²) in [5.74, 6) is -0.302. The van der Waals surface area contributed by atoms with Crippen LogP contribution >= 0.6 is 11.3 Å². The molecular formula is C13H16FN3S. The van der Waals surface area contributed by atoms with Crippen LogP contribution in [0.1, 0.15) is 35.8 Å². The molecule has 1 N–H and O–H groups in total. The van der Waals surface area contributed by atoms with Gasteiger partial charge < -0.3 is 5.32 Å². The van der Waals surface area contributed by atoms with E-state index in [4.69, 9.17) is 0 Å². The molecule has 0 bridgehead atoms. The summed E-state index contributed by atoms with van der Waals surface area (Å²) in [6.45, 7) is 4.78. The highest BCUT2D eigenvalue weighted by molar-refractivity contribution is 7.09. The Morgan fingerprint density at radius 1 is 1.44 bits per heavy atom. The standard InChI is InChI=1S/C13H16FN3S/c1-3-12(13-5-4-10(14)6-15-13)16-7-11-8-18-9(2)17-11/h4-6,8,12,16H,3,7H2,1-2H3. The van der Waals surface area contributed by atoms with Gasteiger partial charge in [-0.15, -0.1) is 11.3 Å². The van der Waals surface area contributed by atoms with Gasteiger partial charge in [0.15, 0.2) is 0 Å². The molecule has 0 spiro atoms. The van der Waals surface area contributed by atoms with Gasteiger partial charge in [-0.05, 0) is 25.5 Å². The number of thiazole rings is 1. The van der Waals surface area contributed by atoms with Crippen LogP contribution in [0, 0.1) is 12.7 Å². The second kappa shape index (κ2) is 6.02. The number of rotatable bonds is 5. The fourth-order valence-corrected chi connectivity index (χ4v) is 2.38. The summed E-state index contributed by atoms with van der Waals surface area (Å²) in [5.41, 5.74) is 1.91. The molecule has 0 aromatic carbocycles. The summed E-state index contributed by atoms with van der Waals surface area (Å²) in [5, 5.41) is 6.51. The Labute approximate surface area is 110 Å². The lowest BCUT2D eigenvalue weighted by Crippen LogP contribution is -2.21. The van der Waals surface area contributed by atoms with Crippen molar-refractivity contribution in [3.05, 3.63) is 45.9 Å². The van der Waals surface area contributed by atoms with Gasteiger partial charge in [0.05, 0.1) is 22.6 Å². The molecule has 2 heterocycles. The molecule has 0 aliphatic heterocycles. The van der Waals surface area contributed by atoms with Crippen molar-refractivity contribution >= 4 is 11.3 Å². The molecule has 0 saturated heterocycles. The van der Waals surface area contributed by atoms with E-state index >= 15 is 0 Å². The quantitative estimate of drug-likeness (QED) is 0.902. The van der Waals surface area contributed by atoms with E-state index in [0.717, 1.165) is 22.8 Å². The van der Waals surface area contributed by atoms with Gasteiger partial charge in [0.25, 0.3) is 0 Å². The molecule has 0 aliphatic carbocycles. The van der Waals surface area contributed by atoms with E-state index in [1.165, 1.54) is 12.3 Å². The van der Waals surface area contributed by atoms with Crippen LogP contribution < -0.4 is 5.32 Å². The Hall–Kier alpha value is -1.33. The van der Waals surface area contributed by atoms with Crippen LogP contribution in [0.2, 0.25) is 0 Å². The van der Waals surface area contributed by atoms with Gasteiger partial charge in [-0.1, -0.05) is 6.92 Å². The van der Waals surface area contributed by atoms with Crippen LogP contribution in [0.4, 0.5) is 4.39 Å².